The van der Waals surface area contributed by atoms with Crippen molar-refractivity contribution in [3.63, 3.8) is 0 Å². The largest absolute Gasteiger partial charge is 0.354 e. The number of benzene rings is 1. The molecular formula is C25H34N8O3. The molecule has 5 rings (SSSR count). The van der Waals surface area contributed by atoms with Crippen molar-refractivity contribution in [1.29, 1.82) is 0 Å². The van der Waals surface area contributed by atoms with E-state index in [1.165, 1.54) is 15.0 Å². The molecule has 2 aliphatic heterocycles. The molecule has 0 bridgehead atoms. The summed E-state index contributed by atoms with van der Waals surface area (Å²) in [7, 11) is 0. The monoisotopic (exact) mass is 494 g/mol. The molecular weight excluding hydrogens is 460 g/mol. The number of likely N-dealkylation sites (tertiary alicyclic amines) is 1. The number of amides is 3. The van der Waals surface area contributed by atoms with Gasteiger partial charge in [-0.15, -0.1) is 0 Å². The number of carbonyl (C=O) groups is 2. The number of carbonyl (C=O) groups excluding carboxylic acids is 2. The number of urea groups is 1. The summed E-state index contributed by atoms with van der Waals surface area (Å²) in [6.45, 7) is 7.86. The second-order valence-corrected chi connectivity index (χ2v) is 10.9. The van der Waals surface area contributed by atoms with Gasteiger partial charge in [-0.05, 0) is 49.4 Å². The first kappa shape index (κ1) is 24.4. The van der Waals surface area contributed by atoms with Crippen molar-refractivity contribution >= 4 is 17.8 Å². The maximum absolute atomic E-state index is 12.7. The SMILES string of the molecule is CC(C)(N)CN1CCN(C(=O)Nc2ccn(-c3ccc(CN4C[C@@H]5C(N)[C@@H]5C4)cc3)c(=O)n2)CC1=O. The lowest BCUT2D eigenvalue weighted by Gasteiger charge is -2.37. The van der Waals surface area contributed by atoms with Gasteiger partial charge in [0.1, 0.15) is 12.4 Å². The summed E-state index contributed by atoms with van der Waals surface area (Å²) in [5.74, 6) is 1.29. The van der Waals surface area contributed by atoms with Gasteiger partial charge in [-0.2, -0.15) is 4.98 Å². The van der Waals surface area contributed by atoms with E-state index in [9.17, 15) is 14.4 Å². The van der Waals surface area contributed by atoms with Crippen molar-refractivity contribution in [2.75, 3.05) is 44.6 Å². The molecule has 1 saturated carbocycles. The van der Waals surface area contributed by atoms with Gasteiger partial charge in [-0.25, -0.2) is 9.59 Å². The molecule has 1 unspecified atom stereocenters. The van der Waals surface area contributed by atoms with Gasteiger partial charge in [0, 0.05) is 57.0 Å². The molecule has 1 aromatic carbocycles. The van der Waals surface area contributed by atoms with Crippen LogP contribution >= 0.6 is 0 Å². The zero-order valence-corrected chi connectivity index (χ0v) is 20.8. The fourth-order valence-electron chi connectivity index (χ4n) is 5.21. The number of nitrogens with one attached hydrogen (secondary N) is 1. The summed E-state index contributed by atoms with van der Waals surface area (Å²) in [5, 5.41) is 2.63. The Morgan fingerprint density at radius 2 is 1.81 bits per heavy atom. The highest BCUT2D eigenvalue weighted by atomic mass is 16.2. The average molecular weight is 495 g/mol. The van der Waals surface area contributed by atoms with Crippen LogP contribution in [0.2, 0.25) is 0 Å². The quantitative estimate of drug-likeness (QED) is 0.514. The molecule has 3 heterocycles. The van der Waals surface area contributed by atoms with Crippen molar-refractivity contribution in [1.82, 2.24) is 24.3 Å². The van der Waals surface area contributed by atoms with Gasteiger partial charge in [0.25, 0.3) is 0 Å². The van der Waals surface area contributed by atoms with Crippen LogP contribution in [0.3, 0.4) is 0 Å². The Labute approximate surface area is 210 Å². The van der Waals surface area contributed by atoms with Crippen molar-refractivity contribution in [2.24, 2.45) is 23.3 Å². The Balaban J connectivity index is 1.16. The number of piperazine rings is 1. The van der Waals surface area contributed by atoms with Gasteiger partial charge in [0.05, 0.1) is 5.69 Å². The van der Waals surface area contributed by atoms with E-state index in [-0.39, 0.29) is 18.3 Å². The summed E-state index contributed by atoms with van der Waals surface area (Å²) < 4.78 is 1.43. The zero-order chi connectivity index (χ0) is 25.6. The first-order valence-electron chi connectivity index (χ1n) is 12.4. The molecule has 3 fully saturated rings. The zero-order valence-electron chi connectivity index (χ0n) is 20.8. The summed E-state index contributed by atoms with van der Waals surface area (Å²) in [5.41, 5.74) is 12.9. The van der Waals surface area contributed by atoms with Gasteiger partial charge >= 0.3 is 11.7 Å². The first-order valence-corrected chi connectivity index (χ1v) is 12.4. The predicted octanol–water partition coefficient (Wildman–Crippen LogP) is 0.0348. The van der Waals surface area contributed by atoms with Crippen molar-refractivity contribution < 1.29 is 9.59 Å². The average Bonchev–Trinajstić information content (AvgIpc) is 3.21. The van der Waals surface area contributed by atoms with Crippen LogP contribution in [-0.2, 0) is 11.3 Å². The Morgan fingerprint density at radius 1 is 1.11 bits per heavy atom. The smallest absolute Gasteiger partial charge is 0.338 e. The van der Waals surface area contributed by atoms with Crippen LogP contribution in [0.25, 0.3) is 5.69 Å². The molecule has 11 nitrogen and oxygen atoms in total. The third-order valence-corrected chi connectivity index (χ3v) is 7.20. The van der Waals surface area contributed by atoms with Gasteiger partial charge < -0.3 is 21.3 Å². The van der Waals surface area contributed by atoms with Crippen LogP contribution in [0.15, 0.2) is 41.3 Å². The van der Waals surface area contributed by atoms with Crippen LogP contribution in [0.5, 0.6) is 0 Å². The first-order chi connectivity index (χ1) is 17.1. The molecule has 2 saturated heterocycles. The lowest BCUT2D eigenvalue weighted by molar-refractivity contribution is -0.135. The molecule has 36 heavy (non-hydrogen) atoms. The van der Waals surface area contributed by atoms with Gasteiger partial charge in [-0.3, -0.25) is 19.6 Å². The standard InChI is InChI=1S/C25H34N8O3/c1-25(2,27)15-32-10-9-31(14-21(32)34)23(35)28-20-7-8-33(24(36)29-20)17-5-3-16(4-6-17)11-30-12-18-19(13-30)22(18)26/h3-8,18-19,22H,9-15,26-27H2,1-2H3,(H,28,29,35,36)/t18-,19+,22?. The minimum absolute atomic E-state index is 0.0448. The second-order valence-electron chi connectivity index (χ2n) is 10.9. The Kier molecular flexibility index (Phi) is 6.31. The maximum Gasteiger partial charge on any atom is 0.354 e. The lowest BCUT2D eigenvalue weighted by atomic mass is 10.1. The summed E-state index contributed by atoms with van der Waals surface area (Å²) in [6, 6.07) is 9.32. The van der Waals surface area contributed by atoms with Gasteiger partial charge in [-0.1, -0.05) is 12.1 Å². The number of nitrogens with zero attached hydrogens (tertiary/aromatic N) is 5. The minimum atomic E-state index is -0.503. The summed E-state index contributed by atoms with van der Waals surface area (Å²) >= 11 is 0. The summed E-state index contributed by atoms with van der Waals surface area (Å²) in [6.07, 6.45) is 1.59. The van der Waals surface area contributed by atoms with Crippen LogP contribution in [0.4, 0.5) is 10.6 Å². The molecule has 1 aliphatic carbocycles. The predicted molar refractivity (Wildman–Crippen MR) is 136 cm³/mol. The fraction of sp³-hybridized carbons (Fsp3) is 0.520. The van der Waals surface area contributed by atoms with E-state index in [4.69, 9.17) is 11.5 Å². The van der Waals surface area contributed by atoms with E-state index < -0.39 is 17.3 Å². The lowest BCUT2D eigenvalue weighted by Crippen LogP contribution is -2.57. The van der Waals surface area contributed by atoms with E-state index in [1.54, 1.807) is 17.2 Å². The maximum atomic E-state index is 12.7. The third-order valence-electron chi connectivity index (χ3n) is 7.20. The van der Waals surface area contributed by atoms with Crippen LogP contribution < -0.4 is 22.5 Å². The number of hydrogen-bond donors (Lipinski definition) is 3. The highest BCUT2D eigenvalue weighted by Gasteiger charge is 2.53. The number of piperidine rings is 1. The third kappa shape index (κ3) is 5.28. The molecule has 11 heteroatoms. The molecule has 3 atom stereocenters. The minimum Gasteiger partial charge on any atom is -0.338 e. The highest BCUT2D eigenvalue weighted by Crippen LogP contribution is 2.44. The van der Waals surface area contributed by atoms with E-state index in [1.807, 2.05) is 38.1 Å². The summed E-state index contributed by atoms with van der Waals surface area (Å²) in [4.78, 5) is 47.2. The number of nitrogens with two attached hydrogens (primary N) is 2. The molecule has 3 aliphatic rings. The topological polar surface area (TPSA) is 143 Å². The van der Waals surface area contributed by atoms with E-state index in [0.717, 1.165) is 19.6 Å². The van der Waals surface area contributed by atoms with Crippen LogP contribution in [0, 0.1) is 11.8 Å². The molecule has 192 valence electrons. The molecule has 5 N–H and O–H groups in total. The van der Waals surface area contributed by atoms with E-state index in [2.05, 4.69) is 15.2 Å². The normalized spacial score (nSPS) is 24.1. The number of hydrogen-bond acceptors (Lipinski definition) is 7. The number of fused-ring (bicyclic) bond motifs is 1. The van der Waals surface area contributed by atoms with Crippen molar-refractivity contribution in [2.45, 2.75) is 32.0 Å². The highest BCUT2D eigenvalue weighted by molar-refractivity contribution is 5.92. The van der Waals surface area contributed by atoms with Gasteiger partial charge in [0.2, 0.25) is 5.91 Å². The van der Waals surface area contributed by atoms with Crippen LogP contribution in [0.1, 0.15) is 19.4 Å². The van der Waals surface area contributed by atoms with Gasteiger partial charge in [0.15, 0.2) is 0 Å². The second kappa shape index (κ2) is 9.30. The van der Waals surface area contributed by atoms with E-state index in [0.29, 0.717) is 43.2 Å². The number of aromatic nitrogens is 2. The van der Waals surface area contributed by atoms with Crippen LogP contribution in [-0.4, -0.2) is 87.0 Å². The Bertz CT molecular complexity index is 1190. The van der Waals surface area contributed by atoms with Crippen molar-refractivity contribution in [3.8, 4) is 5.69 Å². The fourth-order valence-corrected chi connectivity index (χ4v) is 5.21. The van der Waals surface area contributed by atoms with E-state index >= 15 is 0 Å². The molecule has 0 radical (unpaired) electrons. The van der Waals surface area contributed by atoms with Crippen molar-refractivity contribution in [3.05, 3.63) is 52.6 Å². The molecule has 3 amide bonds. The molecule has 1 aromatic heterocycles. The Morgan fingerprint density at radius 3 is 2.42 bits per heavy atom. The number of anilines is 1. The molecule has 0 spiro atoms. The number of rotatable bonds is 6. The Hall–Kier alpha value is -3.28. The molecule has 2 aromatic rings.